The molecule has 0 atom stereocenters. The smallest absolute Gasteiger partial charge is 0.251 e. The Labute approximate surface area is 159 Å². The number of nitrogens with one attached hydrogen (secondary N) is 1. The molecular weight excluding hydrogens is 336 g/mol. The highest BCUT2D eigenvalue weighted by Crippen LogP contribution is 2.09. The summed E-state index contributed by atoms with van der Waals surface area (Å²) < 4.78 is 5.73. The van der Waals surface area contributed by atoms with Crippen LogP contribution in [0, 0.1) is 11.3 Å². The Bertz CT molecular complexity index is 911. The summed E-state index contributed by atoms with van der Waals surface area (Å²) in [7, 11) is 0. The molecule has 0 aromatic heterocycles. The van der Waals surface area contributed by atoms with Gasteiger partial charge in [-0.3, -0.25) is 4.79 Å². The SMILES string of the molecule is N#Cc1ccc(C(=O)NCc2ccc(COCc3ccccc3)cc2)cc1. The molecular formula is C23H20N2O2. The minimum Gasteiger partial charge on any atom is -0.372 e. The van der Waals surface area contributed by atoms with Gasteiger partial charge in [0, 0.05) is 12.1 Å². The number of carbonyl (C=O) groups is 1. The summed E-state index contributed by atoms with van der Waals surface area (Å²) in [6.45, 7) is 1.58. The molecule has 0 fully saturated rings. The minimum atomic E-state index is -0.158. The molecule has 0 radical (unpaired) electrons. The second-order valence-electron chi connectivity index (χ2n) is 6.17. The van der Waals surface area contributed by atoms with Crippen molar-refractivity contribution in [1.82, 2.24) is 5.32 Å². The Morgan fingerprint density at radius 2 is 1.41 bits per heavy atom. The highest BCUT2D eigenvalue weighted by Gasteiger charge is 2.05. The Hall–Kier alpha value is -3.42. The van der Waals surface area contributed by atoms with Gasteiger partial charge in [0.05, 0.1) is 24.8 Å². The second-order valence-corrected chi connectivity index (χ2v) is 6.17. The van der Waals surface area contributed by atoms with E-state index in [4.69, 9.17) is 10.00 Å². The average Bonchev–Trinajstić information content (AvgIpc) is 2.74. The van der Waals surface area contributed by atoms with Crippen LogP contribution in [0.3, 0.4) is 0 Å². The zero-order valence-electron chi connectivity index (χ0n) is 14.9. The van der Waals surface area contributed by atoms with Crippen LogP contribution in [0.25, 0.3) is 0 Å². The monoisotopic (exact) mass is 356 g/mol. The molecule has 4 heteroatoms. The van der Waals surface area contributed by atoms with Crippen LogP contribution >= 0.6 is 0 Å². The van der Waals surface area contributed by atoms with E-state index in [0.29, 0.717) is 30.9 Å². The molecule has 134 valence electrons. The maximum absolute atomic E-state index is 12.1. The van der Waals surface area contributed by atoms with Gasteiger partial charge in [0.2, 0.25) is 0 Å². The molecule has 0 bridgehead atoms. The third-order valence-corrected chi connectivity index (χ3v) is 4.13. The van der Waals surface area contributed by atoms with Crippen LogP contribution < -0.4 is 5.32 Å². The van der Waals surface area contributed by atoms with E-state index in [1.807, 2.05) is 60.7 Å². The van der Waals surface area contributed by atoms with Crippen LogP contribution in [0.1, 0.15) is 32.6 Å². The van der Waals surface area contributed by atoms with Crippen LogP contribution in [-0.4, -0.2) is 5.91 Å². The van der Waals surface area contributed by atoms with E-state index in [0.717, 1.165) is 16.7 Å². The second kappa shape index (κ2) is 9.33. The maximum atomic E-state index is 12.1. The molecule has 0 aliphatic carbocycles. The largest absolute Gasteiger partial charge is 0.372 e. The number of ether oxygens (including phenoxy) is 1. The summed E-state index contributed by atoms with van der Waals surface area (Å²) >= 11 is 0. The lowest BCUT2D eigenvalue weighted by atomic mass is 10.1. The summed E-state index contributed by atoms with van der Waals surface area (Å²) in [4.78, 5) is 12.1. The molecule has 0 heterocycles. The van der Waals surface area contributed by atoms with E-state index in [1.165, 1.54) is 0 Å². The van der Waals surface area contributed by atoms with E-state index in [1.54, 1.807) is 24.3 Å². The standard InChI is InChI=1S/C23H20N2O2/c24-14-18-10-12-22(13-11-18)23(26)25-15-19-6-8-21(9-7-19)17-27-16-20-4-2-1-3-5-20/h1-13H,15-17H2,(H,25,26). The van der Waals surface area contributed by atoms with Crippen molar-refractivity contribution in [2.75, 3.05) is 0 Å². The first-order valence-corrected chi connectivity index (χ1v) is 8.72. The number of rotatable bonds is 7. The summed E-state index contributed by atoms with van der Waals surface area (Å²) in [5.74, 6) is -0.158. The number of hydrogen-bond acceptors (Lipinski definition) is 3. The maximum Gasteiger partial charge on any atom is 0.251 e. The van der Waals surface area contributed by atoms with Gasteiger partial charge < -0.3 is 10.1 Å². The minimum absolute atomic E-state index is 0.158. The van der Waals surface area contributed by atoms with E-state index in [9.17, 15) is 4.79 Å². The van der Waals surface area contributed by atoms with Gasteiger partial charge in [-0.25, -0.2) is 0 Å². The number of nitrogens with zero attached hydrogens (tertiary/aromatic N) is 1. The van der Waals surface area contributed by atoms with Crippen molar-refractivity contribution in [2.45, 2.75) is 19.8 Å². The van der Waals surface area contributed by atoms with Gasteiger partial charge in [-0.15, -0.1) is 0 Å². The first kappa shape index (κ1) is 18.4. The zero-order valence-corrected chi connectivity index (χ0v) is 14.9. The molecule has 3 aromatic rings. The zero-order chi connectivity index (χ0) is 18.9. The number of carbonyl (C=O) groups excluding carboxylic acids is 1. The molecule has 0 aliphatic heterocycles. The van der Waals surface area contributed by atoms with E-state index in [2.05, 4.69) is 5.32 Å². The normalized spacial score (nSPS) is 10.2. The van der Waals surface area contributed by atoms with Gasteiger partial charge in [-0.1, -0.05) is 54.6 Å². The molecule has 0 saturated carbocycles. The van der Waals surface area contributed by atoms with Crippen molar-refractivity contribution in [3.8, 4) is 6.07 Å². The highest BCUT2D eigenvalue weighted by atomic mass is 16.5. The van der Waals surface area contributed by atoms with Crippen LogP contribution in [-0.2, 0) is 24.5 Å². The van der Waals surface area contributed by atoms with Crippen molar-refractivity contribution >= 4 is 5.91 Å². The molecule has 0 saturated heterocycles. The third kappa shape index (κ3) is 5.53. The Morgan fingerprint density at radius 3 is 2.04 bits per heavy atom. The van der Waals surface area contributed by atoms with Crippen LogP contribution in [0.4, 0.5) is 0 Å². The fraction of sp³-hybridized carbons (Fsp3) is 0.130. The first-order valence-electron chi connectivity index (χ1n) is 8.72. The Morgan fingerprint density at radius 1 is 0.815 bits per heavy atom. The van der Waals surface area contributed by atoms with Crippen LogP contribution in [0.2, 0.25) is 0 Å². The van der Waals surface area contributed by atoms with Crippen LogP contribution in [0.15, 0.2) is 78.9 Å². The van der Waals surface area contributed by atoms with Gasteiger partial charge in [-0.05, 0) is 41.0 Å². The highest BCUT2D eigenvalue weighted by molar-refractivity contribution is 5.94. The molecule has 0 spiro atoms. The Kier molecular flexibility index (Phi) is 6.35. The summed E-state index contributed by atoms with van der Waals surface area (Å²) in [5, 5.41) is 11.7. The molecule has 0 aliphatic rings. The van der Waals surface area contributed by atoms with Crippen molar-refractivity contribution in [2.24, 2.45) is 0 Å². The molecule has 1 amide bonds. The van der Waals surface area contributed by atoms with Crippen LogP contribution in [0.5, 0.6) is 0 Å². The molecule has 0 unspecified atom stereocenters. The topological polar surface area (TPSA) is 62.1 Å². The Balaban J connectivity index is 1.45. The fourth-order valence-corrected chi connectivity index (χ4v) is 2.59. The molecule has 4 nitrogen and oxygen atoms in total. The van der Waals surface area contributed by atoms with Gasteiger partial charge >= 0.3 is 0 Å². The summed E-state index contributed by atoms with van der Waals surface area (Å²) in [6.07, 6.45) is 0. The van der Waals surface area contributed by atoms with Gasteiger partial charge in [0.15, 0.2) is 0 Å². The van der Waals surface area contributed by atoms with Gasteiger partial charge in [0.1, 0.15) is 0 Å². The van der Waals surface area contributed by atoms with Crippen molar-refractivity contribution in [1.29, 1.82) is 5.26 Å². The summed E-state index contributed by atoms with van der Waals surface area (Å²) in [6, 6.07) is 26.7. The predicted octanol–water partition coefficient (Wildman–Crippen LogP) is 4.21. The van der Waals surface area contributed by atoms with Crippen molar-refractivity contribution in [3.05, 3.63) is 107 Å². The quantitative estimate of drug-likeness (QED) is 0.690. The van der Waals surface area contributed by atoms with E-state index >= 15 is 0 Å². The van der Waals surface area contributed by atoms with Gasteiger partial charge in [-0.2, -0.15) is 5.26 Å². The average molecular weight is 356 g/mol. The number of nitriles is 1. The lowest BCUT2D eigenvalue weighted by molar-refractivity contribution is 0.0951. The number of amides is 1. The van der Waals surface area contributed by atoms with Crippen molar-refractivity contribution in [3.63, 3.8) is 0 Å². The predicted molar refractivity (Wildman–Crippen MR) is 104 cm³/mol. The van der Waals surface area contributed by atoms with E-state index in [-0.39, 0.29) is 5.91 Å². The first-order chi connectivity index (χ1) is 13.2. The summed E-state index contributed by atoms with van der Waals surface area (Å²) in [5.41, 5.74) is 4.34. The molecule has 3 rings (SSSR count). The third-order valence-electron chi connectivity index (χ3n) is 4.13. The molecule has 3 aromatic carbocycles. The lowest BCUT2D eigenvalue weighted by Gasteiger charge is -2.08. The lowest BCUT2D eigenvalue weighted by Crippen LogP contribution is -2.22. The fourth-order valence-electron chi connectivity index (χ4n) is 2.59. The number of benzene rings is 3. The van der Waals surface area contributed by atoms with E-state index < -0.39 is 0 Å². The molecule has 1 N–H and O–H groups in total. The molecule has 27 heavy (non-hydrogen) atoms. The van der Waals surface area contributed by atoms with Gasteiger partial charge in [0.25, 0.3) is 5.91 Å². The number of hydrogen-bond donors (Lipinski definition) is 1. The van der Waals surface area contributed by atoms with Crippen molar-refractivity contribution < 1.29 is 9.53 Å².